The molecule has 2 heterocycles. The van der Waals surface area contributed by atoms with Crippen molar-refractivity contribution in [1.82, 2.24) is 0 Å². The molecule has 2 aliphatic heterocycles. The van der Waals surface area contributed by atoms with Crippen LogP contribution in [0.15, 0.2) is 0 Å². The van der Waals surface area contributed by atoms with Crippen LogP contribution in [0.25, 0.3) is 0 Å². The summed E-state index contributed by atoms with van der Waals surface area (Å²) in [5.41, 5.74) is 0. The first-order valence-corrected chi connectivity index (χ1v) is 8.27. The predicted molar refractivity (Wildman–Crippen MR) is 79.2 cm³/mol. The minimum absolute atomic E-state index is 0.196. The molecule has 0 amide bonds. The topological polar surface area (TPSA) is 107 Å². The fraction of sp³-hybridized carbons (Fsp3) is 0.812. The molecule has 6 atom stereocenters. The van der Waals surface area contributed by atoms with Gasteiger partial charge in [-0.1, -0.05) is 0 Å². The lowest BCUT2D eigenvalue weighted by molar-refractivity contribution is -0.423. The summed E-state index contributed by atoms with van der Waals surface area (Å²) in [5.74, 6) is -3.13. The Hall–Kier alpha value is -1.71. The summed E-state index contributed by atoms with van der Waals surface area (Å²) < 4.78 is 33.8. The Bertz CT molecular complexity index is 562. The summed E-state index contributed by atoms with van der Waals surface area (Å²) in [6.45, 7) is 4.47. The van der Waals surface area contributed by atoms with Gasteiger partial charge in [-0.25, -0.2) is 0 Å². The summed E-state index contributed by atoms with van der Waals surface area (Å²) in [6.07, 6.45) is -2.99. The predicted octanol–water partition coefficient (Wildman–Crippen LogP) is 0.0858. The second-order valence-electron chi connectivity index (χ2n) is 6.41. The van der Waals surface area contributed by atoms with Crippen molar-refractivity contribution in [3.05, 3.63) is 0 Å². The Balaban J connectivity index is 1.98. The van der Waals surface area contributed by atoms with Crippen LogP contribution in [0.3, 0.4) is 0 Å². The van der Waals surface area contributed by atoms with Crippen molar-refractivity contribution >= 4 is 17.9 Å². The Morgan fingerprint density at radius 2 is 1.68 bits per heavy atom. The fourth-order valence-electron chi connectivity index (χ4n) is 3.65. The van der Waals surface area contributed by atoms with E-state index >= 15 is 0 Å². The van der Waals surface area contributed by atoms with E-state index in [0.717, 1.165) is 0 Å². The standard InChI is InChI=1S/C16H22O9/c1-8(17)22-12-6-13-16(21-5-4-11(25-16)7-20-13)15(24-10(3)19)14(12)23-9(2)18/h11-15H,4-7H2,1-3H3/t11-,12+,13+,14+,15+,16+/m0/s1. The highest BCUT2D eigenvalue weighted by Crippen LogP contribution is 2.45. The van der Waals surface area contributed by atoms with Crippen LogP contribution in [-0.2, 0) is 42.8 Å². The lowest BCUT2D eigenvalue weighted by Gasteiger charge is -2.56. The highest BCUT2D eigenvalue weighted by atomic mass is 16.8. The molecule has 1 aliphatic carbocycles. The van der Waals surface area contributed by atoms with Crippen molar-refractivity contribution in [2.45, 2.75) is 69.9 Å². The number of esters is 3. The molecule has 0 aromatic rings. The molecule has 0 aromatic heterocycles. The lowest BCUT2D eigenvalue weighted by atomic mass is 9.81. The normalized spacial score (nSPS) is 39.7. The number of hydrogen-bond donors (Lipinski definition) is 0. The van der Waals surface area contributed by atoms with Crippen LogP contribution in [0.4, 0.5) is 0 Å². The largest absolute Gasteiger partial charge is 0.458 e. The number of hydrogen-bond acceptors (Lipinski definition) is 9. The molecule has 2 saturated heterocycles. The minimum atomic E-state index is -1.39. The Labute approximate surface area is 144 Å². The van der Waals surface area contributed by atoms with Crippen LogP contribution < -0.4 is 0 Å². The molecule has 3 aliphatic rings. The van der Waals surface area contributed by atoms with Crippen LogP contribution in [0.5, 0.6) is 0 Å². The van der Waals surface area contributed by atoms with E-state index in [2.05, 4.69) is 0 Å². The van der Waals surface area contributed by atoms with Gasteiger partial charge in [0.15, 0.2) is 12.2 Å². The summed E-state index contributed by atoms with van der Waals surface area (Å²) >= 11 is 0. The third-order valence-electron chi connectivity index (χ3n) is 4.47. The molecule has 1 spiro atoms. The van der Waals surface area contributed by atoms with Crippen molar-refractivity contribution in [3.63, 3.8) is 0 Å². The summed E-state index contributed by atoms with van der Waals surface area (Å²) in [7, 11) is 0. The lowest BCUT2D eigenvalue weighted by Crippen LogP contribution is -2.74. The summed E-state index contributed by atoms with van der Waals surface area (Å²) in [6, 6.07) is 0. The molecule has 0 radical (unpaired) electrons. The number of ether oxygens (including phenoxy) is 6. The monoisotopic (exact) mass is 358 g/mol. The fourth-order valence-corrected chi connectivity index (χ4v) is 3.65. The molecule has 3 fully saturated rings. The Morgan fingerprint density at radius 3 is 2.32 bits per heavy atom. The number of carbonyl (C=O) groups is 3. The average molecular weight is 358 g/mol. The molecular weight excluding hydrogens is 336 g/mol. The van der Waals surface area contributed by atoms with Gasteiger partial charge in [0.25, 0.3) is 0 Å². The molecule has 0 unspecified atom stereocenters. The molecular formula is C16H22O9. The van der Waals surface area contributed by atoms with Gasteiger partial charge < -0.3 is 28.4 Å². The van der Waals surface area contributed by atoms with Gasteiger partial charge in [-0.15, -0.1) is 0 Å². The highest BCUT2D eigenvalue weighted by molar-refractivity contribution is 5.68. The maximum atomic E-state index is 11.7. The van der Waals surface area contributed by atoms with Crippen LogP contribution >= 0.6 is 0 Å². The molecule has 9 heteroatoms. The van der Waals surface area contributed by atoms with E-state index in [4.69, 9.17) is 28.4 Å². The van der Waals surface area contributed by atoms with Crippen LogP contribution in [0.2, 0.25) is 0 Å². The molecule has 0 aromatic carbocycles. The van der Waals surface area contributed by atoms with E-state index in [0.29, 0.717) is 19.6 Å². The highest BCUT2D eigenvalue weighted by Gasteiger charge is 2.65. The number of fused-ring (bicyclic) bond motifs is 1. The van der Waals surface area contributed by atoms with Crippen molar-refractivity contribution in [3.8, 4) is 0 Å². The van der Waals surface area contributed by atoms with Gasteiger partial charge in [-0.2, -0.15) is 0 Å². The zero-order chi connectivity index (χ0) is 18.2. The first-order chi connectivity index (χ1) is 11.8. The van der Waals surface area contributed by atoms with Crippen molar-refractivity contribution in [2.75, 3.05) is 13.2 Å². The van der Waals surface area contributed by atoms with E-state index in [1.54, 1.807) is 0 Å². The molecule has 2 bridgehead atoms. The summed E-state index contributed by atoms with van der Waals surface area (Å²) in [5, 5.41) is 0. The quantitative estimate of drug-likeness (QED) is 0.512. The van der Waals surface area contributed by atoms with Crippen LogP contribution in [0, 0.1) is 0 Å². The minimum Gasteiger partial charge on any atom is -0.458 e. The third kappa shape index (κ3) is 3.49. The molecule has 1 saturated carbocycles. The van der Waals surface area contributed by atoms with E-state index in [1.165, 1.54) is 20.8 Å². The second kappa shape index (κ2) is 6.89. The first-order valence-electron chi connectivity index (χ1n) is 8.27. The van der Waals surface area contributed by atoms with Crippen LogP contribution in [-0.4, -0.2) is 67.4 Å². The SMILES string of the molecule is CC(=O)O[C@H]1[C@@H](OC(C)=O)[C@@]23OCC[C@@H](CO[C@@H]2C[C@H]1OC(C)=O)O3. The van der Waals surface area contributed by atoms with Gasteiger partial charge >= 0.3 is 17.9 Å². The molecule has 25 heavy (non-hydrogen) atoms. The van der Waals surface area contributed by atoms with E-state index in [9.17, 15) is 14.4 Å². The average Bonchev–Trinajstić information content (AvgIpc) is 2.51. The van der Waals surface area contributed by atoms with E-state index in [-0.39, 0.29) is 12.5 Å². The molecule has 0 N–H and O–H groups in total. The van der Waals surface area contributed by atoms with Crippen molar-refractivity contribution in [2.24, 2.45) is 0 Å². The van der Waals surface area contributed by atoms with Crippen molar-refractivity contribution in [1.29, 1.82) is 0 Å². The Morgan fingerprint density at radius 1 is 1.00 bits per heavy atom. The zero-order valence-electron chi connectivity index (χ0n) is 14.4. The van der Waals surface area contributed by atoms with E-state index < -0.39 is 48.1 Å². The van der Waals surface area contributed by atoms with Gasteiger partial charge in [-0.3, -0.25) is 14.4 Å². The smallest absolute Gasteiger partial charge is 0.303 e. The first kappa shape index (κ1) is 18.1. The van der Waals surface area contributed by atoms with Gasteiger partial charge in [0.1, 0.15) is 12.2 Å². The molecule has 140 valence electrons. The van der Waals surface area contributed by atoms with E-state index in [1.807, 2.05) is 0 Å². The van der Waals surface area contributed by atoms with Crippen molar-refractivity contribution < 1.29 is 42.8 Å². The van der Waals surface area contributed by atoms with Gasteiger partial charge in [-0.05, 0) is 6.42 Å². The maximum absolute atomic E-state index is 11.7. The summed E-state index contributed by atoms with van der Waals surface area (Å²) in [4.78, 5) is 34.7. The van der Waals surface area contributed by atoms with Crippen LogP contribution in [0.1, 0.15) is 33.6 Å². The Kier molecular flexibility index (Phi) is 4.99. The third-order valence-corrected chi connectivity index (χ3v) is 4.47. The maximum Gasteiger partial charge on any atom is 0.303 e. The van der Waals surface area contributed by atoms with Gasteiger partial charge in [0, 0.05) is 27.2 Å². The molecule has 3 rings (SSSR count). The zero-order valence-corrected chi connectivity index (χ0v) is 14.4. The van der Waals surface area contributed by atoms with Gasteiger partial charge in [0.05, 0.1) is 19.3 Å². The second-order valence-corrected chi connectivity index (χ2v) is 6.41. The number of carbonyl (C=O) groups excluding carboxylic acids is 3. The number of rotatable bonds is 3. The molecule has 9 nitrogen and oxygen atoms in total. The van der Waals surface area contributed by atoms with Gasteiger partial charge in [0.2, 0.25) is 5.79 Å².